The van der Waals surface area contributed by atoms with Crippen molar-refractivity contribution in [3.63, 3.8) is 0 Å². The molecule has 0 amide bonds. The molecule has 2 heterocycles. The van der Waals surface area contributed by atoms with E-state index in [1.165, 1.54) is 24.7 Å². The van der Waals surface area contributed by atoms with Gasteiger partial charge in [-0.05, 0) is 70.7 Å². The van der Waals surface area contributed by atoms with Gasteiger partial charge >= 0.3 is 7.12 Å². The van der Waals surface area contributed by atoms with E-state index in [0.717, 1.165) is 26.1 Å². The van der Waals surface area contributed by atoms with Crippen molar-refractivity contribution in [3.8, 4) is 0 Å². The zero-order valence-electron chi connectivity index (χ0n) is 13.3. The molecule has 0 saturated carbocycles. The Bertz CT molecular complexity index is 392. The number of allylic oxidation sites excluding steroid dienone is 2. The molecule has 20 heavy (non-hydrogen) atoms. The lowest BCUT2D eigenvalue weighted by atomic mass is 9.63. The molecule has 0 radical (unpaired) electrons. The number of hydrogen-bond acceptors (Lipinski definition) is 3. The third-order valence-corrected chi connectivity index (χ3v) is 5.85. The SMILES string of the molecule is CC1(C)OB(C2=CCC3(CCOCC3)CC2)OC1(C)C. The molecule has 112 valence electrons. The van der Waals surface area contributed by atoms with Gasteiger partial charge in [0.15, 0.2) is 0 Å². The minimum Gasteiger partial charge on any atom is -0.400 e. The summed E-state index contributed by atoms with van der Waals surface area (Å²) in [5, 5.41) is 0. The third-order valence-electron chi connectivity index (χ3n) is 5.85. The summed E-state index contributed by atoms with van der Waals surface area (Å²) in [6, 6.07) is 0. The average Bonchev–Trinajstić information content (AvgIpc) is 2.60. The molecule has 0 bridgehead atoms. The highest BCUT2D eigenvalue weighted by atomic mass is 16.7. The predicted molar refractivity (Wildman–Crippen MR) is 80.5 cm³/mol. The molecule has 2 saturated heterocycles. The zero-order chi connectivity index (χ0) is 14.4. The molecule has 3 nitrogen and oxygen atoms in total. The Labute approximate surface area is 123 Å². The smallest absolute Gasteiger partial charge is 0.400 e. The summed E-state index contributed by atoms with van der Waals surface area (Å²) in [7, 11) is -0.141. The van der Waals surface area contributed by atoms with Crippen molar-refractivity contribution in [1.29, 1.82) is 0 Å². The fourth-order valence-electron chi connectivity index (χ4n) is 3.43. The van der Waals surface area contributed by atoms with Crippen molar-refractivity contribution in [1.82, 2.24) is 0 Å². The van der Waals surface area contributed by atoms with E-state index in [9.17, 15) is 0 Å². The number of rotatable bonds is 1. The fraction of sp³-hybridized carbons (Fsp3) is 0.875. The summed E-state index contributed by atoms with van der Waals surface area (Å²) < 4.78 is 17.8. The van der Waals surface area contributed by atoms with Crippen molar-refractivity contribution in [2.75, 3.05) is 13.2 Å². The second-order valence-corrected chi connectivity index (χ2v) is 7.68. The molecule has 3 aliphatic rings. The second-order valence-electron chi connectivity index (χ2n) is 7.68. The standard InChI is InChI=1S/C16H27BO3/c1-14(2)15(3,4)20-17(19-14)13-5-7-16(8-6-13)9-11-18-12-10-16/h5H,6-12H2,1-4H3. The molecule has 0 aromatic carbocycles. The molecule has 1 aliphatic carbocycles. The van der Waals surface area contributed by atoms with Gasteiger partial charge in [0.1, 0.15) is 0 Å². The van der Waals surface area contributed by atoms with Crippen LogP contribution in [0.3, 0.4) is 0 Å². The quantitative estimate of drug-likeness (QED) is 0.687. The molecular formula is C16H27BO3. The molecular weight excluding hydrogens is 251 g/mol. The Hall–Kier alpha value is -0.315. The second kappa shape index (κ2) is 4.86. The van der Waals surface area contributed by atoms with E-state index in [-0.39, 0.29) is 18.3 Å². The van der Waals surface area contributed by atoms with Crippen LogP contribution in [0.1, 0.15) is 59.8 Å². The monoisotopic (exact) mass is 278 g/mol. The molecule has 0 N–H and O–H groups in total. The number of ether oxygens (including phenoxy) is 1. The van der Waals surface area contributed by atoms with Gasteiger partial charge in [-0.15, -0.1) is 0 Å². The van der Waals surface area contributed by atoms with Gasteiger partial charge in [0.2, 0.25) is 0 Å². The first-order valence-corrected chi connectivity index (χ1v) is 7.96. The van der Waals surface area contributed by atoms with E-state index in [0.29, 0.717) is 5.41 Å². The van der Waals surface area contributed by atoms with Crippen LogP contribution in [0.2, 0.25) is 0 Å². The van der Waals surface area contributed by atoms with E-state index >= 15 is 0 Å². The van der Waals surface area contributed by atoms with Gasteiger partial charge < -0.3 is 14.0 Å². The van der Waals surface area contributed by atoms with Crippen LogP contribution < -0.4 is 0 Å². The van der Waals surface area contributed by atoms with Crippen molar-refractivity contribution >= 4 is 7.12 Å². The topological polar surface area (TPSA) is 27.7 Å². The van der Waals surface area contributed by atoms with Gasteiger partial charge in [0.25, 0.3) is 0 Å². The molecule has 0 atom stereocenters. The van der Waals surface area contributed by atoms with E-state index in [1.807, 2.05) is 0 Å². The molecule has 1 spiro atoms. The minimum absolute atomic E-state index is 0.141. The summed E-state index contributed by atoms with van der Waals surface area (Å²) in [6.45, 7) is 10.3. The Morgan fingerprint density at radius 3 is 2.05 bits per heavy atom. The average molecular weight is 278 g/mol. The van der Waals surface area contributed by atoms with Gasteiger partial charge in [-0.2, -0.15) is 0 Å². The predicted octanol–water partition coefficient (Wildman–Crippen LogP) is 3.52. The molecule has 3 rings (SSSR count). The van der Waals surface area contributed by atoms with Crippen LogP contribution in [0.5, 0.6) is 0 Å². The van der Waals surface area contributed by atoms with Crippen molar-refractivity contribution in [2.45, 2.75) is 71.0 Å². The summed E-state index contributed by atoms with van der Waals surface area (Å²) in [5.74, 6) is 0. The summed E-state index contributed by atoms with van der Waals surface area (Å²) in [4.78, 5) is 0. The highest BCUT2D eigenvalue weighted by molar-refractivity contribution is 6.54. The molecule has 0 unspecified atom stereocenters. The number of hydrogen-bond donors (Lipinski definition) is 0. The Kier molecular flexibility index (Phi) is 3.55. The van der Waals surface area contributed by atoms with Crippen LogP contribution in [0.15, 0.2) is 11.5 Å². The largest absolute Gasteiger partial charge is 0.490 e. The van der Waals surface area contributed by atoms with Gasteiger partial charge in [-0.3, -0.25) is 0 Å². The lowest BCUT2D eigenvalue weighted by molar-refractivity contribution is 0.00578. The maximum atomic E-state index is 6.16. The van der Waals surface area contributed by atoms with Crippen LogP contribution in [0.25, 0.3) is 0 Å². The normalized spacial score (nSPS) is 31.4. The van der Waals surface area contributed by atoms with Crippen molar-refractivity contribution in [3.05, 3.63) is 11.5 Å². The van der Waals surface area contributed by atoms with Crippen molar-refractivity contribution in [2.24, 2.45) is 5.41 Å². The molecule has 2 fully saturated rings. The van der Waals surface area contributed by atoms with Crippen LogP contribution in [-0.2, 0) is 14.0 Å². The molecule has 2 aliphatic heterocycles. The highest BCUT2D eigenvalue weighted by Gasteiger charge is 2.52. The summed E-state index contributed by atoms with van der Waals surface area (Å²) in [5.41, 5.74) is 1.38. The van der Waals surface area contributed by atoms with Gasteiger partial charge in [0, 0.05) is 13.2 Å². The van der Waals surface area contributed by atoms with E-state index in [1.54, 1.807) is 0 Å². The summed E-state index contributed by atoms with van der Waals surface area (Å²) in [6.07, 6.45) is 8.33. The maximum absolute atomic E-state index is 6.16. The first-order valence-electron chi connectivity index (χ1n) is 7.96. The molecule has 0 aromatic heterocycles. The first-order chi connectivity index (χ1) is 9.34. The van der Waals surface area contributed by atoms with Crippen LogP contribution in [0, 0.1) is 5.41 Å². The van der Waals surface area contributed by atoms with Crippen LogP contribution in [-0.4, -0.2) is 31.5 Å². The highest BCUT2D eigenvalue weighted by Crippen LogP contribution is 2.46. The summed E-state index contributed by atoms with van der Waals surface area (Å²) >= 11 is 0. The lowest BCUT2D eigenvalue weighted by Gasteiger charge is -2.39. The Balaban J connectivity index is 1.68. The van der Waals surface area contributed by atoms with Gasteiger partial charge in [-0.25, -0.2) is 0 Å². The van der Waals surface area contributed by atoms with E-state index in [2.05, 4.69) is 33.8 Å². The van der Waals surface area contributed by atoms with E-state index in [4.69, 9.17) is 14.0 Å². The van der Waals surface area contributed by atoms with E-state index < -0.39 is 0 Å². The lowest BCUT2D eigenvalue weighted by Crippen LogP contribution is -2.41. The van der Waals surface area contributed by atoms with Crippen molar-refractivity contribution < 1.29 is 14.0 Å². The van der Waals surface area contributed by atoms with Crippen LogP contribution >= 0.6 is 0 Å². The fourth-order valence-corrected chi connectivity index (χ4v) is 3.43. The van der Waals surface area contributed by atoms with Crippen LogP contribution in [0.4, 0.5) is 0 Å². The zero-order valence-corrected chi connectivity index (χ0v) is 13.3. The maximum Gasteiger partial charge on any atom is 0.490 e. The molecule has 0 aromatic rings. The minimum atomic E-state index is -0.230. The first kappa shape index (κ1) is 14.6. The third kappa shape index (κ3) is 2.47. The van der Waals surface area contributed by atoms with Gasteiger partial charge in [-0.1, -0.05) is 6.08 Å². The Morgan fingerprint density at radius 1 is 0.950 bits per heavy atom. The van der Waals surface area contributed by atoms with Gasteiger partial charge in [0.05, 0.1) is 11.2 Å². The Morgan fingerprint density at radius 2 is 1.55 bits per heavy atom. The molecule has 4 heteroatoms.